The van der Waals surface area contributed by atoms with Gasteiger partial charge in [0.2, 0.25) is 0 Å². The molecule has 5 rings (SSSR count). The van der Waals surface area contributed by atoms with E-state index in [0.29, 0.717) is 24.7 Å². The van der Waals surface area contributed by atoms with Gasteiger partial charge in [-0.25, -0.2) is 0 Å². The van der Waals surface area contributed by atoms with E-state index in [9.17, 15) is 0 Å². The first-order valence-electron chi connectivity index (χ1n) is 8.55. The third-order valence-corrected chi connectivity index (χ3v) is 5.63. The number of nitrogens with one attached hydrogen (secondary N) is 1. The molecule has 118 valence electrons. The molecule has 2 aliphatic carbocycles. The molecule has 0 saturated heterocycles. The number of ether oxygens (including phenoxy) is 2. The van der Waals surface area contributed by atoms with Crippen molar-refractivity contribution in [2.24, 2.45) is 0 Å². The molecule has 3 nitrogen and oxygen atoms in total. The largest absolute Gasteiger partial charge is 0.486 e. The molecular formula is C20H21NO2. The third kappa shape index (κ3) is 2.14. The minimum absolute atomic E-state index is 0.407. The highest BCUT2D eigenvalue weighted by Gasteiger charge is 2.57. The molecule has 2 aromatic rings. The fraction of sp³-hybridized carbons (Fsp3) is 0.400. The molecule has 0 radical (unpaired) electrons. The molecule has 0 unspecified atom stereocenters. The van der Waals surface area contributed by atoms with Crippen LogP contribution in [0.25, 0.3) is 0 Å². The molecular weight excluding hydrogens is 286 g/mol. The topological polar surface area (TPSA) is 30.5 Å². The molecule has 1 N–H and O–H groups in total. The number of rotatable bonds is 3. The van der Waals surface area contributed by atoms with Crippen molar-refractivity contribution in [3.05, 3.63) is 59.2 Å². The summed E-state index contributed by atoms with van der Waals surface area (Å²) in [5, 5.41) is 3.76. The van der Waals surface area contributed by atoms with Gasteiger partial charge >= 0.3 is 0 Å². The number of hydrogen-bond donors (Lipinski definition) is 1. The van der Waals surface area contributed by atoms with E-state index < -0.39 is 0 Å². The smallest absolute Gasteiger partial charge is 0.161 e. The predicted octanol–water partition coefficient (Wildman–Crippen LogP) is 3.20. The Bertz CT molecular complexity index is 757. The van der Waals surface area contributed by atoms with Crippen LogP contribution in [0.5, 0.6) is 11.5 Å². The first-order chi connectivity index (χ1) is 11.4. The van der Waals surface area contributed by atoms with Crippen LogP contribution >= 0.6 is 0 Å². The van der Waals surface area contributed by atoms with Gasteiger partial charge in [0.05, 0.1) is 0 Å². The summed E-state index contributed by atoms with van der Waals surface area (Å²) in [6.07, 6.45) is 3.80. The molecule has 2 aromatic carbocycles. The SMILES string of the molecule is c1ccc2c(c1)CC[C@]21C[C@H]1NCc1ccc2c(c1)OCCO2. The highest BCUT2D eigenvalue weighted by Crippen LogP contribution is 2.56. The second-order valence-corrected chi connectivity index (χ2v) is 6.93. The number of hydrogen-bond acceptors (Lipinski definition) is 3. The van der Waals surface area contributed by atoms with Crippen LogP contribution in [0.2, 0.25) is 0 Å². The van der Waals surface area contributed by atoms with Crippen LogP contribution in [-0.4, -0.2) is 19.3 Å². The maximum atomic E-state index is 5.67. The van der Waals surface area contributed by atoms with Crippen LogP contribution in [0.1, 0.15) is 29.5 Å². The third-order valence-electron chi connectivity index (χ3n) is 5.63. The molecule has 2 atom stereocenters. The van der Waals surface area contributed by atoms with Gasteiger partial charge in [0.25, 0.3) is 0 Å². The lowest BCUT2D eigenvalue weighted by Gasteiger charge is -2.19. The Morgan fingerprint density at radius 1 is 1.04 bits per heavy atom. The average Bonchev–Trinajstić information content (AvgIpc) is 3.19. The van der Waals surface area contributed by atoms with Crippen molar-refractivity contribution in [2.45, 2.75) is 37.3 Å². The van der Waals surface area contributed by atoms with E-state index in [-0.39, 0.29) is 0 Å². The van der Waals surface area contributed by atoms with Gasteiger partial charge in [-0.1, -0.05) is 30.3 Å². The Labute approximate surface area is 136 Å². The zero-order valence-electron chi connectivity index (χ0n) is 13.2. The molecule has 1 spiro atoms. The monoisotopic (exact) mass is 307 g/mol. The Morgan fingerprint density at radius 2 is 1.91 bits per heavy atom. The van der Waals surface area contributed by atoms with E-state index in [1.807, 2.05) is 6.07 Å². The van der Waals surface area contributed by atoms with Crippen LogP contribution in [0.15, 0.2) is 42.5 Å². The van der Waals surface area contributed by atoms with Gasteiger partial charge < -0.3 is 14.8 Å². The molecule has 3 aliphatic rings. The van der Waals surface area contributed by atoms with Crippen LogP contribution in [-0.2, 0) is 18.4 Å². The molecule has 3 heteroatoms. The quantitative estimate of drug-likeness (QED) is 0.944. The predicted molar refractivity (Wildman–Crippen MR) is 89.1 cm³/mol. The Kier molecular flexibility index (Phi) is 2.92. The van der Waals surface area contributed by atoms with Crippen LogP contribution in [0.4, 0.5) is 0 Å². The second kappa shape index (κ2) is 5.00. The standard InChI is InChI=1S/C20H21NO2/c1-2-4-16-15(3-1)7-8-20(16)12-19(20)21-13-14-5-6-17-18(11-14)23-10-9-22-17/h1-6,11,19,21H,7-10,12-13H2/t19-,20+/m1/s1. The maximum Gasteiger partial charge on any atom is 0.161 e. The Balaban J connectivity index is 1.28. The van der Waals surface area contributed by atoms with Crippen molar-refractivity contribution in [2.75, 3.05) is 13.2 Å². The zero-order valence-corrected chi connectivity index (χ0v) is 13.2. The molecule has 0 bridgehead atoms. The molecule has 0 aromatic heterocycles. The summed E-state index contributed by atoms with van der Waals surface area (Å²) < 4.78 is 11.3. The molecule has 1 saturated carbocycles. The molecule has 1 fully saturated rings. The number of aryl methyl sites for hydroxylation is 1. The highest BCUT2D eigenvalue weighted by atomic mass is 16.6. The van der Waals surface area contributed by atoms with E-state index in [1.165, 1.54) is 24.8 Å². The lowest BCUT2D eigenvalue weighted by molar-refractivity contribution is 0.171. The fourth-order valence-electron chi connectivity index (χ4n) is 4.30. The molecule has 23 heavy (non-hydrogen) atoms. The van der Waals surface area contributed by atoms with Gasteiger partial charge in [0, 0.05) is 18.0 Å². The number of fused-ring (bicyclic) bond motifs is 3. The van der Waals surface area contributed by atoms with Gasteiger partial charge in [-0.15, -0.1) is 0 Å². The first-order valence-corrected chi connectivity index (χ1v) is 8.55. The van der Waals surface area contributed by atoms with Gasteiger partial charge in [0.15, 0.2) is 11.5 Å². The summed E-state index contributed by atoms with van der Waals surface area (Å²) in [6.45, 7) is 2.19. The minimum Gasteiger partial charge on any atom is -0.486 e. The van der Waals surface area contributed by atoms with Gasteiger partial charge in [0.1, 0.15) is 13.2 Å². The fourth-order valence-corrected chi connectivity index (χ4v) is 4.30. The van der Waals surface area contributed by atoms with Gasteiger partial charge in [-0.3, -0.25) is 0 Å². The summed E-state index contributed by atoms with van der Waals surface area (Å²) in [7, 11) is 0. The van der Waals surface area contributed by atoms with E-state index >= 15 is 0 Å². The summed E-state index contributed by atoms with van der Waals surface area (Å²) in [5.41, 5.74) is 4.81. The van der Waals surface area contributed by atoms with Crippen molar-refractivity contribution < 1.29 is 9.47 Å². The average molecular weight is 307 g/mol. The Morgan fingerprint density at radius 3 is 2.87 bits per heavy atom. The zero-order chi connectivity index (χ0) is 15.3. The van der Waals surface area contributed by atoms with Crippen LogP contribution in [0, 0.1) is 0 Å². The van der Waals surface area contributed by atoms with Crippen molar-refractivity contribution in [1.29, 1.82) is 0 Å². The lowest BCUT2D eigenvalue weighted by Crippen LogP contribution is -2.24. The summed E-state index contributed by atoms with van der Waals surface area (Å²) >= 11 is 0. The summed E-state index contributed by atoms with van der Waals surface area (Å²) in [4.78, 5) is 0. The van der Waals surface area contributed by atoms with E-state index in [2.05, 4.69) is 41.7 Å². The van der Waals surface area contributed by atoms with Crippen LogP contribution < -0.4 is 14.8 Å². The molecule has 1 aliphatic heterocycles. The summed E-state index contributed by atoms with van der Waals surface area (Å²) in [6, 6.07) is 15.9. The first kappa shape index (κ1) is 13.4. The van der Waals surface area contributed by atoms with Crippen molar-refractivity contribution in [3.8, 4) is 11.5 Å². The minimum atomic E-state index is 0.407. The van der Waals surface area contributed by atoms with E-state index in [4.69, 9.17) is 9.47 Å². The summed E-state index contributed by atoms with van der Waals surface area (Å²) in [5.74, 6) is 1.75. The molecule has 0 amide bonds. The highest BCUT2D eigenvalue weighted by molar-refractivity contribution is 5.47. The Hall–Kier alpha value is -2.00. The molecule has 1 heterocycles. The van der Waals surface area contributed by atoms with Crippen molar-refractivity contribution >= 4 is 0 Å². The second-order valence-electron chi connectivity index (χ2n) is 6.93. The van der Waals surface area contributed by atoms with E-state index in [0.717, 1.165) is 18.0 Å². The van der Waals surface area contributed by atoms with Gasteiger partial charge in [-0.2, -0.15) is 0 Å². The lowest BCUT2D eigenvalue weighted by atomic mass is 9.97. The van der Waals surface area contributed by atoms with Crippen molar-refractivity contribution in [1.82, 2.24) is 5.32 Å². The maximum absolute atomic E-state index is 5.67. The van der Waals surface area contributed by atoms with Crippen molar-refractivity contribution in [3.63, 3.8) is 0 Å². The normalized spacial score (nSPS) is 27.0. The van der Waals surface area contributed by atoms with Crippen LogP contribution in [0.3, 0.4) is 0 Å². The van der Waals surface area contributed by atoms with E-state index in [1.54, 1.807) is 11.1 Å². The number of benzene rings is 2. The van der Waals surface area contributed by atoms with Gasteiger partial charge in [-0.05, 0) is 48.1 Å².